The molecule has 0 aliphatic rings. The van der Waals surface area contributed by atoms with Crippen LogP contribution in [-0.2, 0) is 16.0 Å². The van der Waals surface area contributed by atoms with Gasteiger partial charge < -0.3 is 15.2 Å². The van der Waals surface area contributed by atoms with Crippen molar-refractivity contribution in [2.45, 2.75) is 26.2 Å². The van der Waals surface area contributed by atoms with Crippen LogP contribution in [0.3, 0.4) is 0 Å². The summed E-state index contributed by atoms with van der Waals surface area (Å²) in [5, 5.41) is 10.8. The summed E-state index contributed by atoms with van der Waals surface area (Å²) < 4.78 is 5.27. The molecule has 0 heterocycles. The van der Waals surface area contributed by atoms with Gasteiger partial charge in [0.15, 0.2) is 0 Å². The SMILES string of the molecule is COc1ccc(CC(=O)NCC(=O)O)cc1C(C)C. The fourth-order valence-electron chi connectivity index (χ4n) is 1.77. The average molecular weight is 265 g/mol. The van der Waals surface area contributed by atoms with E-state index in [1.807, 2.05) is 32.0 Å². The van der Waals surface area contributed by atoms with Crippen molar-refractivity contribution in [1.29, 1.82) is 0 Å². The Bertz CT molecular complexity index is 469. The molecular formula is C14H19NO4. The van der Waals surface area contributed by atoms with Gasteiger partial charge in [-0.05, 0) is 23.1 Å². The first-order valence-electron chi connectivity index (χ1n) is 6.09. The monoisotopic (exact) mass is 265 g/mol. The maximum Gasteiger partial charge on any atom is 0.322 e. The van der Waals surface area contributed by atoms with Gasteiger partial charge in [0.25, 0.3) is 0 Å². The summed E-state index contributed by atoms with van der Waals surface area (Å²) in [6.45, 7) is 3.74. The molecule has 1 aromatic carbocycles. The molecule has 19 heavy (non-hydrogen) atoms. The van der Waals surface area contributed by atoms with Crippen LogP contribution >= 0.6 is 0 Å². The number of methoxy groups -OCH3 is 1. The second-order valence-corrected chi connectivity index (χ2v) is 4.58. The molecule has 2 N–H and O–H groups in total. The molecule has 0 atom stereocenters. The molecule has 0 unspecified atom stereocenters. The van der Waals surface area contributed by atoms with Crippen molar-refractivity contribution < 1.29 is 19.4 Å². The van der Waals surface area contributed by atoms with Crippen LogP contribution in [0.15, 0.2) is 18.2 Å². The Morgan fingerprint density at radius 1 is 1.37 bits per heavy atom. The van der Waals surface area contributed by atoms with Crippen molar-refractivity contribution in [2.75, 3.05) is 13.7 Å². The van der Waals surface area contributed by atoms with E-state index < -0.39 is 5.97 Å². The number of carboxylic acids is 1. The van der Waals surface area contributed by atoms with Crippen LogP contribution in [0, 0.1) is 0 Å². The molecule has 0 bridgehead atoms. The van der Waals surface area contributed by atoms with E-state index in [2.05, 4.69) is 5.32 Å². The second-order valence-electron chi connectivity index (χ2n) is 4.58. The number of carboxylic acid groups (broad SMARTS) is 1. The van der Waals surface area contributed by atoms with Gasteiger partial charge >= 0.3 is 5.97 Å². The van der Waals surface area contributed by atoms with Crippen LogP contribution in [0.25, 0.3) is 0 Å². The lowest BCUT2D eigenvalue weighted by atomic mass is 9.98. The molecule has 104 valence electrons. The minimum absolute atomic E-state index is 0.164. The van der Waals surface area contributed by atoms with Gasteiger partial charge in [-0.2, -0.15) is 0 Å². The first-order chi connectivity index (χ1) is 8.93. The van der Waals surface area contributed by atoms with Gasteiger partial charge in [-0.25, -0.2) is 0 Å². The highest BCUT2D eigenvalue weighted by molar-refractivity contribution is 5.82. The van der Waals surface area contributed by atoms with E-state index in [9.17, 15) is 9.59 Å². The topological polar surface area (TPSA) is 75.6 Å². The fraction of sp³-hybridized carbons (Fsp3) is 0.429. The summed E-state index contributed by atoms with van der Waals surface area (Å²) in [5.74, 6) is -0.269. The molecular weight excluding hydrogens is 246 g/mol. The van der Waals surface area contributed by atoms with Gasteiger partial charge in [0.1, 0.15) is 12.3 Å². The third-order valence-electron chi connectivity index (χ3n) is 2.72. The number of benzene rings is 1. The number of carbonyl (C=O) groups is 2. The molecule has 0 aliphatic carbocycles. The van der Waals surface area contributed by atoms with Gasteiger partial charge in [0, 0.05) is 0 Å². The Morgan fingerprint density at radius 2 is 2.05 bits per heavy atom. The number of nitrogens with one attached hydrogen (secondary N) is 1. The second kappa shape index (κ2) is 6.78. The van der Waals surface area contributed by atoms with Gasteiger partial charge in [-0.15, -0.1) is 0 Å². The quantitative estimate of drug-likeness (QED) is 0.818. The number of aliphatic carboxylic acids is 1. The minimum Gasteiger partial charge on any atom is -0.496 e. The third-order valence-corrected chi connectivity index (χ3v) is 2.72. The highest BCUT2D eigenvalue weighted by Gasteiger charge is 2.11. The number of hydrogen-bond donors (Lipinski definition) is 2. The Labute approximate surface area is 112 Å². The smallest absolute Gasteiger partial charge is 0.322 e. The van der Waals surface area contributed by atoms with Crippen LogP contribution in [0.1, 0.15) is 30.9 Å². The van der Waals surface area contributed by atoms with Crippen LogP contribution in [-0.4, -0.2) is 30.6 Å². The maximum absolute atomic E-state index is 11.5. The largest absolute Gasteiger partial charge is 0.496 e. The molecule has 0 saturated heterocycles. The number of hydrogen-bond acceptors (Lipinski definition) is 3. The third kappa shape index (κ3) is 4.62. The van der Waals surface area contributed by atoms with E-state index in [1.54, 1.807) is 7.11 Å². The summed E-state index contributed by atoms with van der Waals surface area (Å²) in [6.07, 6.45) is 0.164. The van der Waals surface area contributed by atoms with Gasteiger partial charge in [0.2, 0.25) is 5.91 Å². The molecule has 0 aliphatic heterocycles. The van der Waals surface area contributed by atoms with Gasteiger partial charge in [-0.1, -0.05) is 26.0 Å². The molecule has 0 aromatic heterocycles. The van der Waals surface area contributed by atoms with E-state index in [0.29, 0.717) is 0 Å². The average Bonchev–Trinajstić information content (AvgIpc) is 2.36. The van der Waals surface area contributed by atoms with Gasteiger partial charge in [-0.3, -0.25) is 9.59 Å². The van der Waals surface area contributed by atoms with Crippen LogP contribution in [0.2, 0.25) is 0 Å². The molecule has 5 nitrogen and oxygen atoms in total. The Kier molecular flexibility index (Phi) is 5.36. The summed E-state index contributed by atoms with van der Waals surface area (Å²) >= 11 is 0. The highest BCUT2D eigenvalue weighted by Crippen LogP contribution is 2.27. The number of ether oxygens (including phenoxy) is 1. The molecule has 1 aromatic rings. The van der Waals surface area contributed by atoms with Crippen molar-refractivity contribution in [3.63, 3.8) is 0 Å². The lowest BCUT2D eigenvalue weighted by molar-refractivity contribution is -0.137. The van der Waals surface area contributed by atoms with E-state index >= 15 is 0 Å². The van der Waals surface area contributed by atoms with Crippen molar-refractivity contribution in [3.8, 4) is 5.75 Å². The summed E-state index contributed by atoms with van der Waals surface area (Å²) in [6, 6.07) is 5.56. The Balaban J connectivity index is 2.76. The summed E-state index contributed by atoms with van der Waals surface area (Å²) in [7, 11) is 1.61. The zero-order valence-electron chi connectivity index (χ0n) is 11.4. The predicted octanol–water partition coefficient (Wildman–Crippen LogP) is 1.56. The van der Waals surface area contributed by atoms with Crippen LogP contribution < -0.4 is 10.1 Å². The number of rotatable bonds is 6. The lowest BCUT2D eigenvalue weighted by Crippen LogP contribution is -2.30. The van der Waals surface area contributed by atoms with Crippen molar-refractivity contribution >= 4 is 11.9 Å². The molecule has 0 saturated carbocycles. The van der Waals surface area contributed by atoms with E-state index in [4.69, 9.17) is 9.84 Å². The first kappa shape index (κ1) is 15.0. The van der Waals surface area contributed by atoms with Crippen molar-refractivity contribution in [3.05, 3.63) is 29.3 Å². The number of amides is 1. The zero-order chi connectivity index (χ0) is 14.4. The van der Waals surface area contributed by atoms with Crippen molar-refractivity contribution in [1.82, 2.24) is 5.32 Å². The van der Waals surface area contributed by atoms with Gasteiger partial charge in [0.05, 0.1) is 13.5 Å². The molecule has 0 fully saturated rings. The number of carbonyl (C=O) groups excluding carboxylic acids is 1. The molecule has 1 amide bonds. The minimum atomic E-state index is -1.05. The molecule has 0 spiro atoms. The summed E-state index contributed by atoms with van der Waals surface area (Å²) in [4.78, 5) is 21.9. The predicted molar refractivity (Wildman–Crippen MR) is 71.4 cm³/mol. The lowest BCUT2D eigenvalue weighted by Gasteiger charge is -2.13. The standard InChI is InChI=1S/C14H19NO4/c1-9(2)11-6-10(4-5-12(11)19-3)7-13(16)15-8-14(17)18/h4-6,9H,7-8H2,1-3H3,(H,15,16)(H,17,18). The summed E-state index contributed by atoms with van der Waals surface area (Å²) in [5.41, 5.74) is 1.87. The van der Waals surface area contributed by atoms with E-state index in [-0.39, 0.29) is 24.8 Å². The molecule has 0 radical (unpaired) electrons. The Hall–Kier alpha value is -2.04. The van der Waals surface area contributed by atoms with Crippen LogP contribution in [0.4, 0.5) is 0 Å². The maximum atomic E-state index is 11.5. The van der Waals surface area contributed by atoms with E-state index in [1.165, 1.54) is 0 Å². The molecule has 5 heteroatoms. The highest BCUT2D eigenvalue weighted by atomic mass is 16.5. The first-order valence-corrected chi connectivity index (χ1v) is 6.09. The molecule has 1 rings (SSSR count). The fourth-order valence-corrected chi connectivity index (χ4v) is 1.77. The van der Waals surface area contributed by atoms with Crippen LogP contribution in [0.5, 0.6) is 5.75 Å². The Morgan fingerprint density at radius 3 is 2.58 bits per heavy atom. The van der Waals surface area contributed by atoms with Crippen molar-refractivity contribution in [2.24, 2.45) is 0 Å². The van der Waals surface area contributed by atoms with E-state index in [0.717, 1.165) is 16.9 Å². The zero-order valence-corrected chi connectivity index (χ0v) is 11.4. The normalized spacial score (nSPS) is 10.3.